The third-order valence-electron chi connectivity index (χ3n) is 5.64. The van der Waals surface area contributed by atoms with Crippen molar-refractivity contribution in [2.75, 3.05) is 11.1 Å². The summed E-state index contributed by atoms with van der Waals surface area (Å²) in [5, 5.41) is 22.2. The second-order valence-corrected chi connectivity index (χ2v) is 9.90. The zero-order valence-corrected chi connectivity index (χ0v) is 20.0. The standard InChI is InChI=1S/C23H25N5O2S2/c1-14-8-9-16(10-15(14)2)30-12-20-26-27-23(28(20)3)31-13-21(29)25-22-18(11-24)17-6-4-5-7-19(17)32-22/h8-10H,4-7,12-13H2,1-3H3,(H,25,29). The van der Waals surface area contributed by atoms with E-state index in [9.17, 15) is 10.1 Å². The van der Waals surface area contributed by atoms with Gasteiger partial charge < -0.3 is 14.6 Å². The van der Waals surface area contributed by atoms with Gasteiger partial charge in [0.2, 0.25) is 5.91 Å². The number of fused-ring (bicyclic) bond motifs is 1. The van der Waals surface area contributed by atoms with Gasteiger partial charge >= 0.3 is 0 Å². The van der Waals surface area contributed by atoms with Crippen LogP contribution < -0.4 is 10.1 Å². The van der Waals surface area contributed by atoms with E-state index in [4.69, 9.17) is 4.74 Å². The number of nitrogens with one attached hydrogen (secondary N) is 1. The quantitative estimate of drug-likeness (QED) is 0.512. The average molecular weight is 468 g/mol. The molecule has 0 bridgehead atoms. The lowest BCUT2D eigenvalue weighted by molar-refractivity contribution is -0.113. The van der Waals surface area contributed by atoms with Crippen LogP contribution in [0.5, 0.6) is 5.75 Å². The molecule has 1 N–H and O–H groups in total. The number of ether oxygens (including phenoxy) is 1. The fourth-order valence-electron chi connectivity index (χ4n) is 3.61. The van der Waals surface area contributed by atoms with Gasteiger partial charge in [-0.25, -0.2) is 0 Å². The second kappa shape index (κ2) is 9.76. The number of aryl methyl sites for hydroxylation is 3. The normalized spacial score (nSPS) is 12.8. The van der Waals surface area contributed by atoms with Crippen LogP contribution in [0.1, 0.15) is 45.8 Å². The van der Waals surface area contributed by atoms with Crippen molar-refractivity contribution in [1.29, 1.82) is 5.26 Å². The Bertz CT molecular complexity index is 1190. The highest BCUT2D eigenvalue weighted by Crippen LogP contribution is 2.37. The van der Waals surface area contributed by atoms with E-state index in [1.165, 1.54) is 39.1 Å². The highest BCUT2D eigenvalue weighted by molar-refractivity contribution is 7.99. The predicted octanol–water partition coefficient (Wildman–Crippen LogP) is 4.55. The molecule has 2 aromatic heterocycles. The molecule has 1 amide bonds. The van der Waals surface area contributed by atoms with Crippen molar-refractivity contribution in [3.63, 3.8) is 0 Å². The van der Waals surface area contributed by atoms with Gasteiger partial charge in [-0.1, -0.05) is 17.8 Å². The van der Waals surface area contributed by atoms with E-state index in [1.54, 1.807) is 0 Å². The van der Waals surface area contributed by atoms with Gasteiger partial charge in [0.25, 0.3) is 0 Å². The Morgan fingerprint density at radius 3 is 2.88 bits per heavy atom. The molecular formula is C23H25N5O2S2. The molecule has 2 heterocycles. The van der Waals surface area contributed by atoms with Crippen LogP contribution in [-0.4, -0.2) is 26.4 Å². The van der Waals surface area contributed by atoms with E-state index in [0.717, 1.165) is 37.0 Å². The molecule has 0 aliphatic heterocycles. The molecule has 0 atom stereocenters. The van der Waals surface area contributed by atoms with Gasteiger partial charge in [0.1, 0.15) is 23.4 Å². The number of rotatable bonds is 7. The third kappa shape index (κ3) is 4.81. The molecule has 3 aromatic rings. The maximum absolute atomic E-state index is 12.5. The number of benzene rings is 1. The summed E-state index contributed by atoms with van der Waals surface area (Å²) in [5.41, 5.74) is 4.15. The van der Waals surface area contributed by atoms with Crippen LogP contribution >= 0.6 is 23.1 Å². The third-order valence-corrected chi connectivity index (χ3v) is 7.87. The van der Waals surface area contributed by atoms with Crippen molar-refractivity contribution in [3.05, 3.63) is 51.2 Å². The molecule has 1 aromatic carbocycles. The fourth-order valence-corrected chi connectivity index (χ4v) is 5.60. The van der Waals surface area contributed by atoms with Crippen LogP contribution in [0.2, 0.25) is 0 Å². The minimum Gasteiger partial charge on any atom is -0.486 e. The topological polar surface area (TPSA) is 92.8 Å². The number of carbonyl (C=O) groups is 1. The monoisotopic (exact) mass is 467 g/mol. The Morgan fingerprint density at radius 1 is 1.28 bits per heavy atom. The fraction of sp³-hybridized carbons (Fsp3) is 0.391. The maximum Gasteiger partial charge on any atom is 0.235 e. The van der Waals surface area contributed by atoms with E-state index in [-0.39, 0.29) is 11.7 Å². The molecule has 0 saturated heterocycles. The first-order valence-electron chi connectivity index (χ1n) is 10.5. The predicted molar refractivity (Wildman–Crippen MR) is 126 cm³/mol. The second-order valence-electron chi connectivity index (χ2n) is 7.86. The van der Waals surface area contributed by atoms with Crippen LogP contribution in [0.15, 0.2) is 23.4 Å². The summed E-state index contributed by atoms with van der Waals surface area (Å²) in [6, 6.07) is 8.25. The number of aromatic nitrogens is 3. The molecule has 4 rings (SSSR count). The number of nitriles is 1. The minimum atomic E-state index is -0.152. The summed E-state index contributed by atoms with van der Waals surface area (Å²) in [4.78, 5) is 13.8. The van der Waals surface area contributed by atoms with Gasteiger partial charge in [-0.3, -0.25) is 4.79 Å². The molecule has 32 heavy (non-hydrogen) atoms. The Kier molecular flexibility index (Phi) is 6.82. The summed E-state index contributed by atoms with van der Waals surface area (Å²) in [5.74, 6) is 1.51. The first-order valence-corrected chi connectivity index (χ1v) is 12.3. The lowest BCUT2D eigenvalue weighted by Gasteiger charge is -2.09. The van der Waals surface area contributed by atoms with Crippen LogP contribution in [0.4, 0.5) is 5.00 Å². The highest BCUT2D eigenvalue weighted by Gasteiger charge is 2.22. The molecule has 166 valence electrons. The number of anilines is 1. The summed E-state index contributed by atoms with van der Waals surface area (Å²) < 4.78 is 7.69. The van der Waals surface area contributed by atoms with E-state index < -0.39 is 0 Å². The number of nitrogens with zero attached hydrogens (tertiary/aromatic N) is 4. The van der Waals surface area contributed by atoms with Gasteiger partial charge in [-0.05, 0) is 68.4 Å². The minimum absolute atomic E-state index is 0.152. The Morgan fingerprint density at radius 2 is 2.09 bits per heavy atom. The van der Waals surface area contributed by atoms with Crippen molar-refractivity contribution in [2.45, 2.75) is 51.3 Å². The van der Waals surface area contributed by atoms with E-state index in [2.05, 4.69) is 35.4 Å². The van der Waals surface area contributed by atoms with Gasteiger partial charge in [0, 0.05) is 11.9 Å². The Balaban J connectivity index is 1.34. The molecule has 0 saturated carbocycles. The van der Waals surface area contributed by atoms with Crippen molar-refractivity contribution >= 4 is 34.0 Å². The van der Waals surface area contributed by atoms with Gasteiger partial charge in [-0.15, -0.1) is 21.5 Å². The largest absolute Gasteiger partial charge is 0.486 e. The molecule has 7 nitrogen and oxygen atoms in total. The molecule has 0 unspecified atom stereocenters. The van der Waals surface area contributed by atoms with Crippen molar-refractivity contribution < 1.29 is 9.53 Å². The van der Waals surface area contributed by atoms with Crippen LogP contribution in [0.3, 0.4) is 0 Å². The summed E-state index contributed by atoms with van der Waals surface area (Å²) in [6.07, 6.45) is 4.16. The maximum atomic E-state index is 12.5. The smallest absolute Gasteiger partial charge is 0.235 e. The van der Waals surface area contributed by atoms with Crippen LogP contribution in [0.25, 0.3) is 0 Å². The van der Waals surface area contributed by atoms with E-state index in [0.29, 0.717) is 28.2 Å². The molecule has 9 heteroatoms. The zero-order chi connectivity index (χ0) is 22.7. The van der Waals surface area contributed by atoms with Gasteiger partial charge in [-0.2, -0.15) is 5.26 Å². The first-order chi connectivity index (χ1) is 15.5. The number of amides is 1. The summed E-state index contributed by atoms with van der Waals surface area (Å²) >= 11 is 2.85. The lowest BCUT2D eigenvalue weighted by atomic mass is 9.96. The Hall–Kier alpha value is -2.83. The van der Waals surface area contributed by atoms with Crippen LogP contribution in [0, 0.1) is 25.2 Å². The Labute approximate surface area is 195 Å². The van der Waals surface area contributed by atoms with Gasteiger partial charge in [0.15, 0.2) is 11.0 Å². The first kappa shape index (κ1) is 22.4. The van der Waals surface area contributed by atoms with E-state index >= 15 is 0 Å². The molecule has 1 aliphatic rings. The van der Waals surface area contributed by atoms with Crippen molar-refractivity contribution in [1.82, 2.24) is 14.8 Å². The summed E-state index contributed by atoms with van der Waals surface area (Å²) in [7, 11) is 1.86. The number of hydrogen-bond donors (Lipinski definition) is 1. The van der Waals surface area contributed by atoms with Crippen molar-refractivity contribution in [3.8, 4) is 11.8 Å². The number of hydrogen-bond acceptors (Lipinski definition) is 7. The van der Waals surface area contributed by atoms with E-state index in [1.807, 2.05) is 29.8 Å². The van der Waals surface area contributed by atoms with Crippen LogP contribution in [-0.2, 0) is 31.3 Å². The molecular weight excluding hydrogens is 442 g/mol. The summed E-state index contributed by atoms with van der Waals surface area (Å²) in [6.45, 7) is 4.41. The highest BCUT2D eigenvalue weighted by atomic mass is 32.2. The number of thioether (sulfide) groups is 1. The number of carbonyl (C=O) groups excluding carboxylic acids is 1. The average Bonchev–Trinajstić information content (AvgIpc) is 3.32. The zero-order valence-electron chi connectivity index (χ0n) is 18.4. The lowest BCUT2D eigenvalue weighted by Crippen LogP contribution is -2.14. The van der Waals surface area contributed by atoms with Crippen molar-refractivity contribution in [2.24, 2.45) is 7.05 Å². The number of thiophene rings is 1. The molecule has 1 aliphatic carbocycles. The van der Waals surface area contributed by atoms with Gasteiger partial charge in [0.05, 0.1) is 11.3 Å². The molecule has 0 radical (unpaired) electrons. The molecule has 0 fully saturated rings. The molecule has 0 spiro atoms. The SMILES string of the molecule is Cc1ccc(OCc2nnc(SCC(=O)Nc3sc4c(c3C#N)CCCC4)n2C)cc1C.